The Morgan fingerprint density at radius 1 is 1.50 bits per heavy atom. The maximum absolute atomic E-state index is 11.8. The highest BCUT2D eigenvalue weighted by atomic mass is 19.4. The summed E-state index contributed by atoms with van der Waals surface area (Å²) in [7, 11) is 0. The van der Waals surface area contributed by atoms with E-state index in [4.69, 9.17) is 5.73 Å². The number of amides is 2. The van der Waals surface area contributed by atoms with Crippen LogP contribution < -0.4 is 11.1 Å². The molecule has 1 aliphatic heterocycles. The molecule has 0 aromatic heterocycles. The summed E-state index contributed by atoms with van der Waals surface area (Å²) >= 11 is 0. The zero-order valence-electron chi connectivity index (χ0n) is 9.10. The first kappa shape index (κ1) is 13.1. The number of nitrogens with zero attached hydrogens (tertiary/aromatic N) is 1. The molecule has 1 fully saturated rings. The predicted octanol–water partition coefficient (Wildman–Crippen LogP) is 1.07. The average Bonchev–Trinajstić information content (AvgIpc) is 2.09. The first-order valence-electron chi connectivity index (χ1n) is 5.14. The summed E-state index contributed by atoms with van der Waals surface area (Å²) in [4.78, 5) is 12.5. The quantitative estimate of drug-likeness (QED) is 0.774. The van der Waals surface area contributed by atoms with Gasteiger partial charge in [-0.05, 0) is 6.42 Å². The second-order valence-corrected chi connectivity index (χ2v) is 4.24. The Kier molecular flexibility index (Phi) is 3.67. The van der Waals surface area contributed by atoms with Gasteiger partial charge in [0.1, 0.15) is 6.54 Å². The van der Waals surface area contributed by atoms with Crippen LogP contribution in [0, 0.1) is 0 Å². The molecule has 0 bridgehead atoms. The van der Waals surface area contributed by atoms with Gasteiger partial charge in [0.15, 0.2) is 0 Å². The van der Waals surface area contributed by atoms with E-state index in [0.29, 0.717) is 13.1 Å². The van der Waals surface area contributed by atoms with Crippen molar-refractivity contribution in [3.63, 3.8) is 0 Å². The van der Waals surface area contributed by atoms with Crippen molar-refractivity contribution in [2.45, 2.75) is 31.5 Å². The molecule has 0 spiro atoms. The van der Waals surface area contributed by atoms with Gasteiger partial charge in [-0.1, -0.05) is 13.3 Å². The Labute approximate surface area is 92.0 Å². The van der Waals surface area contributed by atoms with Crippen molar-refractivity contribution < 1.29 is 18.0 Å². The minimum atomic E-state index is -4.37. The van der Waals surface area contributed by atoms with Crippen LogP contribution >= 0.6 is 0 Å². The predicted molar refractivity (Wildman–Crippen MR) is 52.9 cm³/mol. The monoisotopic (exact) mass is 239 g/mol. The third-order valence-electron chi connectivity index (χ3n) is 2.49. The highest BCUT2D eigenvalue weighted by Gasteiger charge is 2.41. The van der Waals surface area contributed by atoms with Crippen LogP contribution in [-0.4, -0.2) is 42.3 Å². The number of nitrogens with two attached hydrogens (primary N) is 1. The second kappa shape index (κ2) is 4.48. The van der Waals surface area contributed by atoms with E-state index >= 15 is 0 Å². The molecule has 3 N–H and O–H groups in total. The van der Waals surface area contributed by atoms with Crippen molar-refractivity contribution in [2.24, 2.45) is 5.73 Å². The van der Waals surface area contributed by atoms with Crippen LogP contribution in [0.1, 0.15) is 19.8 Å². The Bertz CT molecular complexity index is 261. The number of hydrogen-bond acceptors (Lipinski definition) is 2. The van der Waals surface area contributed by atoms with Gasteiger partial charge < -0.3 is 16.0 Å². The van der Waals surface area contributed by atoms with Gasteiger partial charge in [-0.15, -0.1) is 0 Å². The number of nitrogens with one attached hydrogen (secondary N) is 1. The second-order valence-electron chi connectivity index (χ2n) is 4.24. The standard InChI is InChI=1S/C9H16F3N3O/c1-2-3-8(13)5-15(6-8)7(16)14-4-9(10,11)12/h2-6,13H2,1H3,(H,14,16). The maximum atomic E-state index is 11.8. The van der Waals surface area contributed by atoms with Crippen LogP contribution in [0.3, 0.4) is 0 Å². The molecule has 1 heterocycles. The van der Waals surface area contributed by atoms with Gasteiger partial charge in [0, 0.05) is 13.1 Å². The van der Waals surface area contributed by atoms with Crippen LogP contribution in [0.25, 0.3) is 0 Å². The summed E-state index contributed by atoms with van der Waals surface area (Å²) in [5.74, 6) is 0. The number of hydrogen-bond donors (Lipinski definition) is 2. The maximum Gasteiger partial charge on any atom is 0.405 e. The molecular formula is C9H16F3N3O. The Balaban J connectivity index is 2.27. The summed E-state index contributed by atoms with van der Waals surface area (Å²) in [5, 5.41) is 1.81. The molecule has 0 radical (unpaired) electrons. The molecule has 1 aliphatic rings. The van der Waals surface area contributed by atoms with Crippen LogP contribution in [0.15, 0.2) is 0 Å². The van der Waals surface area contributed by atoms with Gasteiger partial charge in [0.2, 0.25) is 0 Å². The van der Waals surface area contributed by atoms with Crippen molar-refractivity contribution >= 4 is 6.03 Å². The summed E-state index contributed by atoms with van der Waals surface area (Å²) in [6.07, 6.45) is -2.70. The lowest BCUT2D eigenvalue weighted by Crippen LogP contribution is -2.70. The summed E-state index contributed by atoms with van der Waals surface area (Å²) in [6, 6.07) is -0.700. The molecule has 16 heavy (non-hydrogen) atoms. The van der Waals surface area contributed by atoms with Gasteiger partial charge in [0.05, 0.1) is 5.54 Å². The smallest absolute Gasteiger partial charge is 0.329 e. The van der Waals surface area contributed by atoms with E-state index in [-0.39, 0.29) is 0 Å². The highest BCUT2D eigenvalue weighted by Crippen LogP contribution is 2.23. The minimum absolute atomic E-state index is 0.324. The number of carbonyl (C=O) groups excluding carboxylic acids is 1. The molecule has 1 rings (SSSR count). The lowest BCUT2D eigenvalue weighted by atomic mass is 9.87. The van der Waals surface area contributed by atoms with Gasteiger partial charge >= 0.3 is 12.2 Å². The third-order valence-corrected chi connectivity index (χ3v) is 2.49. The highest BCUT2D eigenvalue weighted by molar-refractivity contribution is 5.75. The topological polar surface area (TPSA) is 58.4 Å². The fourth-order valence-electron chi connectivity index (χ4n) is 1.80. The molecule has 0 aromatic rings. The van der Waals surface area contributed by atoms with Crippen molar-refractivity contribution in [2.75, 3.05) is 19.6 Å². The zero-order valence-corrected chi connectivity index (χ0v) is 9.10. The molecular weight excluding hydrogens is 223 g/mol. The number of rotatable bonds is 3. The number of alkyl halides is 3. The molecule has 7 heteroatoms. The van der Waals surface area contributed by atoms with Crippen LogP contribution in [0.2, 0.25) is 0 Å². The van der Waals surface area contributed by atoms with Crippen molar-refractivity contribution in [1.29, 1.82) is 0 Å². The lowest BCUT2D eigenvalue weighted by Gasteiger charge is -2.47. The fraction of sp³-hybridized carbons (Fsp3) is 0.889. The SMILES string of the molecule is CCCC1(N)CN(C(=O)NCC(F)(F)F)C1. The van der Waals surface area contributed by atoms with E-state index in [1.54, 1.807) is 0 Å². The molecule has 0 saturated carbocycles. The van der Waals surface area contributed by atoms with Crippen molar-refractivity contribution in [3.05, 3.63) is 0 Å². The summed E-state index contributed by atoms with van der Waals surface area (Å²) in [5.41, 5.74) is 5.47. The molecule has 0 aliphatic carbocycles. The van der Waals surface area contributed by atoms with E-state index < -0.39 is 24.3 Å². The Hall–Kier alpha value is -0.980. The molecule has 0 atom stereocenters. The normalized spacial score (nSPS) is 19.2. The third kappa shape index (κ3) is 3.55. The fourth-order valence-corrected chi connectivity index (χ4v) is 1.80. The Morgan fingerprint density at radius 3 is 2.50 bits per heavy atom. The van der Waals surface area contributed by atoms with E-state index in [9.17, 15) is 18.0 Å². The molecule has 0 aromatic carbocycles. The molecule has 94 valence electrons. The van der Waals surface area contributed by atoms with Gasteiger partial charge in [-0.2, -0.15) is 13.2 Å². The molecule has 4 nitrogen and oxygen atoms in total. The van der Waals surface area contributed by atoms with Crippen LogP contribution in [0.5, 0.6) is 0 Å². The van der Waals surface area contributed by atoms with E-state index in [2.05, 4.69) is 0 Å². The first-order valence-corrected chi connectivity index (χ1v) is 5.14. The first-order chi connectivity index (χ1) is 7.26. The largest absolute Gasteiger partial charge is 0.405 e. The van der Waals surface area contributed by atoms with Crippen molar-refractivity contribution in [3.8, 4) is 0 Å². The van der Waals surface area contributed by atoms with Gasteiger partial charge in [-0.3, -0.25) is 0 Å². The summed E-state index contributed by atoms with van der Waals surface area (Å²) in [6.45, 7) is 1.32. The van der Waals surface area contributed by atoms with Crippen molar-refractivity contribution in [1.82, 2.24) is 10.2 Å². The van der Waals surface area contributed by atoms with E-state index in [0.717, 1.165) is 12.8 Å². The molecule has 0 unspecified atom stereocenters. The number of carbonyl (C=O) groups is 1. The molecule has 1 saturated heterocycles. The minimum Gasteiger partial charge on any atom is -0.329 e. The number of likely N-dealkylation sites (tertiary alicyclic amines) is 1. The lowest BCUT2D eigenvalue weighted by molar-refractivity contribution is -0.123. The zero-order chi connectivity index (χ0) is 12.4. The average molecular weight is 239 g/mol. The van der Waals surface area contributed by atoms with Crippen LogP contribution in [0.4, 0.5) is 18.0 Å². The van der Waals surface area contributed by atoms with Gasteiger partial charge in [0.25, 0.3) is 0 Å². The van der Waals surface area contributed by atoms with Crippen LogP contribution in [-0.2, 0) is 0 Å². The molecule has 2 amide bonds. The van der Waals surface area contributed by atoms with E-state index in [1.807, 2.05) is 12.2 Å². The number of urea groups is 1. The van der Waals surface area contributed by atoms with E-state index in [1.165, 1.54) is 4.90 Å². The Morgan fingerprint density at radius 2 is 2.06 bits per heavy atom. The van der Waals surface area contributed by atoms with Gasteiger partial charge in [-0.25, -0.2) is 4.79 Å². The number of halogens is 3. The summed E-state index contributed by atoms with van der Waals surface area (Å²) < 4.78 is 35.4.